The number of anilines is 1. The van der Waals surface area contributed by atoms with E-state index in [9.17, 15) is 0 Å². The molecule has 1 aromatic carbocycles. The van der Waals surface area contributed by atoms with E-state index in [4.69, 9.17) is 16.1 Å². The molecular weight excluding hydrogens is 547 g/mol. The summed E-state index contributed by atoms with van der Waals surface area (Å²) in [6, 6.07) is 12.1. The van der Waals surface area contributed by atoms with Crippen LogP contribution < -0.4 is 15.5 Å². The number of thiophene rings is 1. The standard InChI is InChI=1S/C21H25ClN6OS.HI/c1-23-21(25-17-9-12-28(13-10-17)19-3-2-14-30-19)24-11-8-18-26-20(27-29-18)15-4-6-16(22)7-5-15;/h2-7,14,17H,8-13H2,1H3,(H2,23,24,25);1H. The molecule has 10 heteroatoms. The van der Waals surface area contributed by atoms with Crippen molar-refractivity contribution in [1.82, 2.24) is 20.8 Å². The number of piperidine rings is 1. The fourth-order valence-corrected chi connectivity index (χ4v) is 4.35. The minimum atomic E-state index is 0. The van der Waals surface area contributed by atoms with Gasteiger partial charge in [-0.1, -0.05) is 16.8 Å². The molecule has 7 nitrogen and oxygen atoms in total. The average molecular weight is 573 g/mol. The molecule has 31 heavy (non-hydrogen) atoms. The van der Waals surface area contributed by atoms with Gasteiger partial charge in [0.2, 0.25) is 11.7 Å². The first-order chi connectivity index (χ1) is 14.7. The van der Waals surface area contributed by atoms with E-state index in [1.54, 1.807) is 18.4 Å². The second-order valence-corrected chi connectivity index (χ2v) is 8.49. The number of nitrogens with one attached hydrogen (secondary N) is 2. The Labute approximate surface area is 208 Å². The van der Waals surface area contributed by atoms with Crippen molar-refractivity contribution in [3.8, 4) is 11.4 Å². The van der Waals surface area contributed by atoms with Crippen LogP contribution in [0.3, 0.4) is 0 Å². The van der Waals surface area contributed by atoms with Crippen LogP contribution in [0.4, 0.5) is 5.00 Å². The predicted octanol–water partition coefficient (Wildman–Crippen LogP) is 4.45. The van der Waals surface area contributed by atoms with Crippen molar-refractivity contribution >= 4 is 57.9 Å². The lowest BCUT2D eigenvalue weighted by Crippen LogP contribution is -2.49. The summed E-state index contributed by atoms with van der Waals surface area (Å²) in [4.78, 5) is 11.3. The Morgan fingerprint density at radius 3 is 2.71 bits per heavy atom. The third kappa shape index (κ3) is 6.56. The molecule has 1 fully saturated rings. The van der Waals surface area contributed by atoms with Crippen LogP contribution >= 0.6 is 46.9 Å². The number of nitrogens with zero attached hydrogens (tertiary/aromatic N) is 4. The highest BCUT2D eigenvalue weighted by atomic mass is 127. The lowest BCUT2D eigenvalue weighted by Gasteiger charge is -2.33. The van der Waals surface area contributed by atoms with Crippen LogP contribution in [0, 0.1) is 0 Å². The number of guanidine groups is 1. The van der Waals surface area contributed by atoms with Gasteiger partial charge < -0.3 is 20.1 Å². The zero-order valence-electron chi connectivity index (χ0n) is 17.3. The smallest absolute Gasteiger partial charge is 0.228 e. The second kappa shape index (κ2) is 11.7. The molecule has 0 unspecified atom stereocenters. The maximum Gasteiger partial charge on any atom is 0.228 e. The molecule has 1 saturated heterocycles. The number of benzene rings is 1. The van der Waals surface area contributed by atoms with Crippen LogP contribution in [0.5, 0.6) is 0 Å². The van der Waals surface area contributed by atoms with Gasteiger partial charge in [-0.25, -0.2) is 0 Å². The molecule has 0 radical (unpaired) electrons. The fourth-order valence-electron chi connectivity index (χ4n) is 3.44. The van der Waals surface area contributed by atoms with Gasteiger partial charge >= 0.3 is 0 Å². The van der Waals surface area contributed by atoms with Crippen molar-refractivity contribution in [2.75, 3.05) is 31.6 Å². The van der Waals surface area contributed by atoms with Crippen LogP contribution in [-0.4, -0.2) is 48.8 Å². The van der Waals surface area contributed by atoms with Crippen LogP contribution in [-0.2, 0) is 6.42 Å². The minimum Gasteiger partial charge on any atom is -0.363 e. The summed E-state index contributed by atoms with van der Waals surface area (Å²) in [6.45, 7) is 2.78. The third-order valence-corrected chi connectivity index (χ3v) is 6.26. The van der Waals surface area contributed by atoms with Gasteiger partial charge in [0, 0.05) is 49.7 Å². The minimum absolute atomic E-state index is 0. The first kappa shape index (κ1) is 23.8. The maximum atomic E-state index is 5.92. The van der Waals surface area contributed by atoms with Gasteiger partial charge in [-0.3, -0.25) is 4.99 Å². The highest BCUT2D eigenvalue weighted by Crippen LogP contribution is 2.24. The Bertz CT molecular complexity index is 955. The number of hydrogen-bond acceptors (Lipinski definition) is 6. The normalized spacial score (nSPS) is 14.9. The second-order valence-electron chi connectivity index (χ2n) is 7.12. The van der Waals surface area contributed by atoms with Crippen molar-refractivity contribution in [2.45, 2.75) is 25.3 Å². The zero-order chi connectivity index (χ0) is 20.8. The van der Waals surface area contributed by atoms with Crippen molar-refractivity contribution in [3.05, 3.63) is 52.7 Å². The van der Waals surface area contributed by atoms with Gasteiger partial charge in [0.1, 0.15) is 0 Å². The van der Waals surface area contributed by atoms with Gasteiger partial charge in [0.05, 0.1) is 5.00 Å². The number of rotatable bonds is 6. The molecule has 1 aliphatic rings. The summed E-state index contributed by atoms with van der Waals surface area (Å²) >= 11 is 7.73. The van der Waals surface area contributed by atoms with Gasteiger partial charge in [0.15, 0.2) is 5.96 Å². The number of aromatic nitrogens is 2. The Hall–Kier alpha value is -1.85. The van der Waals surface area contributed by atoms with E-state index in [1.165, 1.54) is 5.00 Å². The quantitative estimate of drug-likeness (QED) is 0.258. The molecule has 3 aromatic rings. The first-order valence-corrected chi connectivity index (χ1v) is 11.3. The van der Waals surface area contributed by atoms with Crippen LogP contribution in [0.25, 0.3) is 11.4 Å². The highest BCUT2D eigenvalue weighted by Gasteiger charge is 2.20. The molecule has 2 aromatic heterocycles. The van der Waals surface area contributed by atoms with Crippen LogP contribution in [0.15, 0.2) is 51.3 Å². The van der Waals surface area contributed by atoms with Crippen LogP contribution in [0.1, 0.15) is 18.7 Å². The topological polar surface area (TPSA) is 78.6 Å². The lowest BCUT2D eigenvalue weighted by molar-refractivity contribution is 0.378. The van der Waals surface area contributed by atoms with Crippen molar-refractivity contribution in [2.24, 2.45) is 4.99 Å². The molecule has 0 spiro atoms. The van der Waals surface area contributed by atoms with Gasteiger partial charge in [0.25, 0.3) is 0 Å². The van der Waals surface area contributed by atoms with E-state index >= 15 is 0 Å². The average Bonchev–Trinajstić information content (AvgIpc) is 3.47. The molecule has 2 N–H and O–H groups in total. The molecule has 0 atom stereocenters. The Morgan fingerprint density at radius 1 is 1.26 bits per heavy atom. The number of halogens is 2. The first-order valence-electron chi connectivity index (χ1n) is 10.1. The summed E-state index contributed by atoms with van der Waals surface area (Å²) in [5, 5.41) is 15.1. The zero-order valence-corrected chi connectivity index (χ0v) is 21.2. The van der Waals surface area contributed by atoms with E-state index in [1.807, 2.05) is 24.3 Å². The molecule has 0 amide bonds. The summed E-state index contributed by atoms with van der Waals surface area (Å²) in [6.07, 6.45) is 2.80. The molecule has 0 bridgehead atoms. The highest BCUT2D eigenvalue weighted by molar-refractivity contribution is 14.0. The van der Waals surface area contributed by atoms with E-state index in [0.29, 0.717) is 35.7 Å². The monoisotopic (exact) mass is 572 g/mol. The molecule has 1 aliphatic heterocycles. The van der Waals surface area contributed by atoms with Crippen molar-refractivity contribution in [1.29, 1.82) is 0 Å². The molecular formula is C21H26ClIN6OS. The fraction of sp³-hybridized carbons (Fsp3) is 0.381. The van der Waals surface area contributed by atoms with Crippen molar-refractivity contribution in [3.63, 3.8) is 0 Å². The Morgan fingerprint density at radius 2 is 2.03 bits per heavy atom. The van der Waals surface area contributed by atoms with Gasteiger partial charge in [-0.15, -0.1) is 35.3 Å². The number of hydrogen-bond donors (Lipinski definition) is 2. The summed E-state index contributed by atoms with van der Waals surface area (Å²) in [5.41, 5.74) is 0.883. The van der Waals surface area contributed by atoms with E-state index in [-0.39, 0.29) is 24.0 Å². The van der Waals surface area contributed by atoms with E-state index < -0.39 is 0 Å². The SMILES string of the molecule is CN=C(NCCc1nc(-c2ccc(Cl)cc2)no1)NC1CCN(c2cccs2)CC1.I. The molecule has 4 rings (SSSR count). The van der Waals surface area contributed by atoms with E-state index in [0.717, 1.165) is 37.5 Å². The van der Waals surface area contributed by atoms with Crippen molar-refractivity contribution < 1.29 is 4.52 Å². The third-order valence-electron chi connectivity index (χ3n) is 5.08. The lowest BCUT2D eigenvalue weighted by atomic mass is 10.1. The molecule has 3 heterocycles. The Kier molecular flexibility index (Phi) is 8.97. The molecule has 0 aliphatic carbocycles. The molecule has 0 saturated carbocycles. The summed E-state index contributed by atoms with van der Waals surface area (Å²) < 4.78 is 5.36. The largest absolute Gasteiger partial charge is 0.363 e. The predicted molar refractivity (Wildman–Crippen MR) is 138 cm³/mol. The summed E-state index contributed by atoms with van der Waals surface area (Å²) in [5.74, 6) is 1.97. The number of aliphatic imine (C=N–C) groups is 1. The van der Waals surface area contributed by atoms with Gasteiger partial charge in [-0.2, -0.15) is 4.98 Å². The molecule has 166 valence electrons. The van der Waals surface area contributed by atoms with Crippen LogP contribution in [0.2, 0.25) is 5.02 Å². The Balaban J connectivity index is 0.00000272. The maximum absolute atomic E-state index is 5.92. The van der Waals surface area contributed by atoms with E-state index in [2.05, 4.69) is 48.2 Å². The van der Waals surface area contributed by atoms with Gasteiger partial charge in [-0.05, 0) is 54.6 Å². The summed E-state index contributed by atoms with van der Waals surface area (Å²) in [7, 11) is 1.79.